The maximum Gasteiger partial charge on any atom is 0.123 e. The highest BCUT2D eigenvalue weighted by atomic mass is 19.1. The molecule has 3 rings (SSSR count). The lowest BCUT2D eigenvalue weighted by Crippen LogP contribution is -2.06. The average Bonchev–Trinajstić information content (AvgIpc) is 2.67. The molecule has 1 nitrogen and oxygen atoms in total. The first kappa shape index (κ1) is 17.0. The van der Waals surface area contributed by atoms with Gasteiger partial charge in [0.15, 0.2) is 0 Å². The molecule has 0 aromatic heterocycles. The highest BCUT2D eigenvalue weighted by Gasteiger charge is 2.05. The third-order valence-electron chi connectivity index (χ3n) is 4.09. The molecule has 0 unspecified atom stereocenters. The van der Waals surface area contributed by atoms with Crippen molar-refractivity contribution >= 4 is 12.2 Å². The molecule has 0 fully saturated rings. The summed E-state index contributed by atoms with van der Waals surface area (Å²) in [5.74, 6) is 0.990. The Hall–Kier alpha value is -2.87. The Morgan fingerprint density at radius 2 is 1.36 bits per heavy atom. The lowest BCUT2D eigenvalue weighted by Gasteiger charge is -2.13. The molecule has 0 N–H and O–H groups in total. The Balaban J connectivity index is 1.56. The zero-order valence-corrected chi connectivity index (χ0v) is 14.2. The van der Waals surface area contributed by atoms with Crippen molar-refractivity contribution in [3.63, 3.8) is 0 Å². The second-order valence-corrected chi connectivity index (χ2v) is 6.08. The van der Waals surface area contributed by atoms with Crippen LogP contribution in [0.2, 0.25) is 0 Å². The lowest BCUT2D eigenvalue weighted by atomic mass is 10.0. The molecular weight excluding hydrogens is 311 g/mol. The minimum absolute atomic E-state index is 0.219. The van der Waals surface area contributed by atoms with Crippen LogP contribution in [0.1, 0.15) is 29.5 Å². The van der Waals surface area contributed by atoms with E-state index in [-0.39, 0.29) is 5.82 Å². The lowest BCUT2D eigenvalue weighted by molar-refractivity contribution is 0.296. The predicted octanol–water partition coefficient (Wildman–Crippen LogP) is 6.18. The van der Waals surface area contributed by atoms with Crippen molar-refractivity contribution in [3.8, 4) is 5.75 Å². The molecule has 0 aliphatic carbocycles. The van der Waals surface area contributed by atoms with Gasteiger partial charge in [0.05, 0.1) is 6.61 Å². The summed E-state index contributed by atoms with van der Waals surface area (Å²) in [7, 11) is 0. The molecule has 25 heavy (non-hydrogen) atoms. The van der Waals surface area contributed by atoms with Crippen LogP contribution in [-0.4, -0.2) is 6.61 Å². The van der Waals surface area contributed by atoms with Gasteiger partial charge in [0.1, 0.15) is 11.6 Å². The summed E-state index contributed by atoms with van der Waals surface area (Å²) >= 11 is 0. The molecule has 0 aliphatic rings. The van der Waals surface area contributed by atoms with E-state index in [0.717, 1.165) is 16.9 Å². The van der Waals surface area contributed by atoms with Crippen LogP contribution in [0.15, 0.2) is 78.9 Å². The van der Waals surface area contributed by atoms with Crippen molar-refractivity contribution in [1.29, 1.82) is 0 Å². The van der Waals surface area contributed by atoms with E-state index in [1.807, 2.05) is 54.6 Å². The summed E-state index contributed by atoms with van der Waals surface area (Å²) in [6.45, 7) is 2.81. The van der Waals surface area contributed by atoms with Crippen molar-refractivity contribution in [1.82, 2.24) is 0 Å². The summed E-state index contributed by atoms with van der Waals surface area (Å²) in [5.41, 5.74) is 3.33. The third kappa shape index (κ3) is 5.05. The number of benzene rings is 3. The molecule has 0 amide bonds. The number of hydrogen-bond acceptors (Lipinski definition) is 1. The molecule has 0 aliphatic heterocycles. The summed E-state index contributed by atoms with van der Waals surface area (Å²) in [6, 6.07) is 24.8. The van der Waals surface area contributed by atoms with Gasteiger partial charge in [0, 0.05) is 5.92 Å². The van der Waals surface area contributed by atoms with Gasteiger partial charge in [0.25, 0.3) is 0 Å². The SMILES string of the molecule is C[C@@H](COc1ccc(C=Cc2ccc(F)cc2)cc1)c1ccccc1. The maximum absolute atomic E-state index is 12.9. The third-order valence-corrected chi connectivity index (χ3v) is 4.09. The molecule has 3 aromatic carbocycles. The van der Waals surface area contributed by atoms with E-state index in [4.69, 9.17) is 4.74 Å². The van der Waals surface area contributed by atoms with E-state index in [0.29, 0.717) is 12.5 Å². The normalized spacial score (nSPS) is 12.2. The molecule has 0 heterocycles. The average molecular weight is 332 g/mol. The summed E-state index contributed by atoms with van der Waals surface area (Å²) in [4.78, 5) is 0. The summed E-state index contributed by atoms with van der Waals surface area (Å²) < 4.78 is 18.8. The van der Waals surface area contributed by atoms with E-state index < -0.39 is 0 Å². The van der Waals surface area contributed by atoms with Crippen molar-refractivity contribution in [2.24, 2.45) is 0 Å². The van der Waals surface area contributed by atoms with Crippen LogP contribution in [0.25, 0.3) is 12.2 Å². The minimum atomic E-state index is -0.219. The second-order valence-electron chi connectivity index (χ2n) is 6.08. The molecule has 0 spiro atoms. The minimum Gasteiger partial charge on any atom is -0.493 e. The molecule has 0 radical (unpaired) electrons. The number of hydrogen-bond donors (Lipinski definition) is 0. The maximum atomic E-state index is 12.9. The molecular formula is C23H21FO. The molecule has 0 saturated heterocycles. The first-order valence-electron chi connectivity index (χ1n) is 8.42. The van der Waals surface area contributed by atoms with E-state index in [1.165, 1.54) is 17.7 Å². The summed E-state index contributed by atoms with van der Waals surface area (Å²) in [6.07, 6.45) is 3.97. The molecule has 2 heteroatoms. The van der Waals surface area contributed by atoms with Crippen LogP contribution in [0.4, 0.5) is 4.39 Å². The van der Waals surface area contributed by atoms with Crippen LogP contribution < -0.4 is 4.74 Å². The van der Waals surface area contributed by atoms with Gasteiger partial charge in [-0.1, -0.05) is 73.7 Å². The molecule has 0 saturated carbocycles. The van der Waals surface area contributed by atoms with Gasteiger partial charge < -0.3 is 4.74 Å². The Kier molecular flexibility index (Phi) is 5.63. The zero-order chi connectivity index (χ0) is 17.5. The van der Waals surface area contributed by atoms with E-state index in [2.05, 4.69) is 19.1 Å². The Morgan fingerprint density at radius 3 is 1.96 bits per heavy atom. The molecule has 126 valence electrons. The smallest absolute Gasteiger partial charge is 0.123 e. The monoisotopic (exact) mass is 332 g/mol. The zero-order valence-electron chi connectivity index (χ0n) is 14.2. The van der Waals surface area contributed by atoms with E-state index >= 15 is 0 Å². The first-order chi connectivity index (χ1) is 12.2. The van der Waals surface area contributed by atoms with Gasteiger partial charge in [-0.3, -0.25) is 0 Å². The quantitative estimate of drug-likeness (QED) is 0.490. The van der Waals surface area contributed by atoms with Crippen LogP contribution in [-0.2, 0) is 0 Å². The van der Waals surface area contributed by atoms with Crippen molar-refractivity contribution in [2.45, 2.75) is 12.8 Å². The number of rotatable bonds is 6. The van der Waals surface area contributed by atoms with E-state index in [1.54, 1.807) is 12.1 Å². The molecule has 3 aromatic rings. The fraction of sp³-hybridized carbons (Fsp3) is 0.130. The van der Waals surface area contributed by atoms with Crippen LogP contribution >= 0.6 is 0 Å². The predicted molar refractivity (Wildman–Crippen MR) is 102 cm³/mol. The van der Waals surface area contributed by atoms with Crippen molar-refractivity contribution in [2.75, 3.05) is 6.61 Å². The first-order valence-corrected chi connectivity index (χ1v) is 8.42. The summed E-state index contributed by atoms with van der Waals surface area (Å²) in [5, 5.41) is 0. The van der Waals surface area contributed by atoms with Crippen LogP contribution in [0.5, 0.6) is 5.75 Å². The number of halogens is 1. The Labute approximate surface area is 148 Å². The number of ether oxygens (including phenoxy) is 1. The topological polar surface area (TPSA) is 9.23 Å². The second kappa shape index (κ2) is 8.29. The largest absolute Gasteiger partial charge is 0.493 e. The Morgan fingerprint density at radius 1 is 0.800 bits per heavy atom. The standard InChI is InChI=1S/C23H21FO/c1-18(21-5-3-2-4-6-21)17-25-23-15-11-20(12-16-23)8-7-19-9-13-22(24)14-10-19/h2-16,18H,17H2,1H3/t18-/m0/s1. The van der Waals surface area contributed by atoms with Crippen LogP contribution in [0.3, 0.4) is 0 Å². The van der Waals surface area contributed by atoms with E-state index in [9.17, 15) is 4.39 Å². The van der Waals surface area contributed by atoms with Gasteiger partial charge in [-0.2, -0.15) is 0 Å². The van der Waals surface area contributed by atoms with Gasteiger partial charge in [-0.25, -0.2) is 4.39 Å². The van der Waals surface area contributed by atoms with Crippen molar-refractivity contribution in [3.05, 3.63) is 101 Å². The molecule has 0 bridgehead atoms. The Bertz CT molecular complexity index is 805. The van der Waals surface area contributed by atoms with Gasteiger partial charge >= 0.3 is 0 Å². The van der Waals surface area contributed by atoms with Gasteiger partial charge in [-0.15, -0.1) is 0 Å². The van der Waals surface area contributed by atoms with Crippen molar-refractivity contribution < 1.29 is 9.13 Å². The van der Waals surface area contributed by atoms with Gasteiger partial charge in [-0.05, 0) is 41.0 Å². The molecule has 1 atom stereocenters. The van der Waals surface area contributed by atoms with Crippen LogP contribution in [0, 0.1) is 5.82 Å². The highest BCUT2D eigenvalue weighted by Crippen LogP contribution is 2.19. The highest BCUT2D eigenvalue weighted by molar-refractivity contribution is 5.69. The van der Waals surface area contributed by atoms with Gasteiger partial charge in [0.2, 0.25) is 0 Å². The fourth-order valence-electron chi connectivity index (χ4n) is 2.54. The fourth-order valence-corrected chi connectivity index (χ4v) is 2.54.